The number of carbonyl (C=O) groups is 1. The lowest BCUT2D eigenvalue weighted by molar-refractivity contribution is -0.123. The number of para-hydroxylation sites is 1. The summed E-state index contributed by atoms with van der Waals surface area (Å²) >= 11 is 1.72. The number of anilines is 1. The summed E-state index contributed by atoms with van der Waals surface area (Å²) in [6.45, 7) is 2.84. The van der Waals surface area contributed by atoms with Crippen molar-refractivity contribution >= 4 is 23.4 Å². The van der Waals surface area contributed by atoms with Gasteiger partial charge in [-0.2, -0.15) is 0 Å². The Hall–Kier alpha value is -3.00. The first-order chi connectivity index (χ1) is 18.1. The predicted molar refractivity (Wildman–Crippen MR) is 147 cm³/mol. The second-order valence-electron chi connectivity index (χ2n) is 10.2. The van der Waals surface area contributed by atoms with Crippen molar-refractivity contribution in [2.75, 3.05) is 30.3 Å². The number of aromatic nitrogens is 2. The molecule has 2 aromatic carbocycles. The van der Waals surface area contributed by atoms with Crippen molar-refractivity contribution in [3.05, 3.63) is 60.5 Å². The molecule has 1 aliphatic heterocycles. The first kappa shape index (κ1) is 25.6. The van der Waals surface area contributed by atoms with Crippen LogP contribution in [-0.2, 0) is 10.5 Å². The molecule has 1 aromatic heterocycles. The zero-order chi connectivity index (χ0) is 25.5. The van der Waals surface area contributed by atoms with E-state index in [1.165, 1.54) is 18.5 Å². The van der Waals surface area contributed by atoms with Gasteiger partial charge in [-0.3, -0.25) is 4.79 Å². The van der Waals surface area contributed by atoms with E-state index in [2.05, 4.69) is 39.4 Å². The molecule has 2 fully saturated rings. The molecule has 1 aliphatic carbocycles. The fourth-order valence-corrected chi connectivity index (χ4v) is 6.19. The van der Waals surface area contributed by atoms with Crippen molar-refractivity contribution in [1.29, 1.82) is 0 Å². The summed E-state index contributed by atoms with van der Waals surface area (Å²) in [6, 6.07) is 18.3. The van der Waals surface area contributed by atoms with Gasteiger partial charge in [0.05, 0.1) is 12.4 Å². The zero-order valence-electron chi connectivity index (χ0n) is 21.3. The first-order valence-electron chi connectivity index (χ1n) is 13.4. The van der Waals surface area contributed by atoms with E-state index in [1.807, 2.05) is 30.3 Å². The van der Waals surface area contributed by atoms with Crippen molar-refractivity contribution in [3.8, 4) is 17.2 Å². The van der Waals surface area contributed by atoms with Crippen LogP contribution in [0.1, 0.15) is 44.4 Å². The third kappa shape index (κ3) is 7.06. The lowest BCUT2D eigenvalue weighted by Gasteiger charge is -2.28. The standard InChI is InChI=1S/C29H36N4O3S/c30-28(34)23-8-6-21(7-9-23)18-22-14-15-33(19-22)25-12-10-24(11-13-25)29-32-31-27(36-29)20-37-17-16-35-26-4-2-1-3-5-26/h1-5,10-13,21-23H,6-9,14-20H2,(H2,30,34). The molecule has 3 aromatic rings. The highest BCUT2D eigenvalue weighted by molar-refractivity contribution is 7.98. The highest BCUT2D eigenvalue weighted by Crippen LogP contribution is 2.36. The molecule has 0 radical (unpaired) electrons. The van der Waals surface area contributed by atoms with E-state index in [-0.39, 0.29) is 11.8 Å². The van der Waals surface area contributed by atoms with Crippen LogP contribution in [0.3, 0.4) is 0 Å². The fraction of sp³-hybridized carbons (Fsp3) is 0.483. The summed E-state index contributed by atoms with van der Waals surface area (Å²) in [4.78, 5) is 13.9. The van der Waals surface area contributed by atoms with Crippen LogP contribution >= 0.6 is 11.8 Å². The average molecular weight is 521 g/mol. The molecule has 2 N–H and O–H groups in total. The molecule has 196 valence electrons. The number of thioether (sulfide) groups is 1. The van der Waals surface area contributed by atoms with E-state index >= 15 is 0 Å². The van der Waals surface area contributed by atoms with E-state index in [0.717, 1.165) is 67.7 Å². The number of amides is 1. The Morgan fingerprint density at radius 2 is 1.78 bits per heavy atom. The quantitative estimate of drug-likeness (QED) is 0.331. The highest BCUT2D eigenvalue weighted by Gasteiger charge is 2.29. The van der Waals surface area contributed by atoms with Crippen molar-refractivity contribution in [1.82, 2.24) is 10.2 Å². The number of hydrogen-bond acceptors (Lipinski definition) is 7. The van der Waals surface area contributed by atoms with Gasteiger partial charge in [0.1, 0.15) is 5.75 Å². The smallest absolute Gasteiger partial charge is 0.247 e. The van der Waals surface area contributed by atoms with Gasteiger partial charge in [0.25, 0.3) is 0 Å². The van der Waals surface area contributed by atoms with Gasteiger partial charge in [-0.25, -0.2) is 0 Å². The zero-order valence-corrected chi connectivity index (χ0v) is 22.1. The Labute approximate surface area is 223 Å². The van der Waals surface area contributed by atoms with Crippen LogP contribution in [0.15, 0.2) is 59.0 Å². The molecular weight excluding hydrogens is 484 g/mol. The van der Waals surface area contributed by atoms with Gasteiger partial charge in [-0.1, -0.05) is 18.2 Å². The monoisotopic (exact) mass is 520 g/mol. The van der Waals surface area contributed by atoms with Crippen molar-refractivity contribution in [2.45, 2.75) is 44.3 Å². The maximum Gasteiger partial charge on any atom is 0.247 e. The molecule has 1 unspecified atom stereocenters. The number of primary amides is 1. The molecule has 7 nitrogen and oxygen atoms in total. The minimum atomic E-state index is -0.116. The number of benzene rings is 2. The van der Waals surface area contributed by atoms with E-state index in [0.29, 0.717) is 24.1 Å². The largest absolute Gasteiger partial charge is 0.493 e. The minimum Gasteiger partial charge on any atom is -0.493 e. The van der Waals surface area contributed by atoms with E-state index in [4.69, 9.17) is 14.9 Å². The lowest BCUT2D eigenvalue weighted by atomic mass is 9.77. The Morgan fingerprint density at radius 1 is 1.00 bits per heavy atom. The number of nitrogens with zero attached hydrogens (tertiary/aromatic N) is 3. The van der Waals surface area contributed by atoms with E-state index in [1.54, 1.807) is 11.8 Å². The summed E-state index contributed by atoms with van der Waals surface area (Å²) in [6.07, 6.45) is 6.73. The van der Waals surface area contributed by atoms with Gasteiger partial charge >= 0.3 is 0 Å². The van der Waals surface area contributed by atoms with Crippen molar-refractivity contribution in [3.63, 3.8) is 0 Å². The second-order valence-corrected chi connectivity index (χ2v) is 11.3. The van der Waals surface area contributed by atoms with Crippen molar-refractivity contribution < 1.29 is 13.9 Å². The minimum absolute atomic E-state index is 0.100. The predicted octanol–water partition coefficient (Wildman–Crippen LogP) is 5.56. The topological polar surface area (TPSA) is 94.5 Å². The summed E-state index contributed by atoms with van der Waals surface area (Å²) in [5.74, 6) is 5.06. The molecule has 1 saturated carbocycles. The van der Waals surface area contributed by atoms with Gasteiger partial charge in [0.2, 0.25) is 17.7 Å². The summed E-state index contributed by atoms with van der Waals surface area (Å²) < 4.78 is 11.6. The lowest BCUT2D eigenvalue weighted by Crippen LogP contribution is -2.28. The van der Waals surface area contributed by atoms with E-state index < -0.39 is 0 Å². The second kappa shape index (κ2) is 12.5. The van der Waals surface area contributed by atoms with Crippen LogP contribution in [0, 0.1) is 17.8 Å². The Kier molecular flexibility index (Phi) is 8.66. The first-order valence-corrected chi connectivity index (χ1v) is 14.5. The number of hydrogen-bond donors (Lipinski definition) is 1. The van der Waals surface area contributed by atoms with Crippen LogP contribution in [0.5, 0.6) is 5.75 Å². The Morgan fingerprint density at radius 3 is 2.54 bits per heavy atom. The molecule has 0 spiro atoms. The molecule has 1 saturated heterocycles. The third-order valence-corrected chi connectivity index (χ3v) is 8.52. The normalized spacial score (nSPS) is 21.7. The number of nitrogens with two attached hydrogens (primary N) is 1. The Bertz CT molecular complexity index is 1130. The van der Waals surface area contributed by atoms with E-state index in [9.17, 15) is 4.79 Å². The number of ether oxygens (including phenoxy) is 1. The molecule has 2 aliphatic rings. The summed E-state index contributed by atoms with van der Waals surface area (Å²) in [5, 5.41) is 8.46. The van der Waals surface area contributed by atoms with Gasteiger partial charge < -0.3 is 19.8 Å². The number of carbonyl (C=O) groups excluding carboxylic acids is 1. The molecular formula is C29H36N4O3S. The maximum atomic E-state index is 11.4. The van der Waals surface area contributed by atoms with Gasteiger partial charge in [0, 0.05) is 36.0 Å². The van der Waals surface area contributed by atoms with Crippen LogP contribution in [0.25, 0.3) is 11.5 Å². The van der Waals surface area contributed by atoms with Crippen molar-refractivity contribution in [2.24, 2.45) is 23.5 Å². The molecule has 1 amide bonds. The average Bonchev–Trinajstić information content (AvgIpc) is 3.60. The van der Waals surface area contributed by atoms with Gasteiger partial charge in [-0.15, -0.1) is 22.0 Å². The SMILES string of the molecule is NC(=O)C1CCC(CC2CCN(c3ccc(-c4nnc(CSCCOc5ccccc5)o4)cc3)C2)CC1. The highest BCUT2D eigenvalue weighted by atomic mass is 32.2. The van der Waals surface area contributed by atoms with Gasteiger partial charge in [0.15, 0.2) is 0 Å². The van der Waals surface area contributed by atoms with Crippen LogP contribution in [0.4, 0.5) is 5.69 Å². The van der Waals surface area contributed by atoms with Gasteiger partial charge in [-0.05, 0) is 86.8 Å². The summed E-state index contributed by atoms with van der Waals surface area (Å²) in [7, 11) is 0. The number of rotatable bonds is 11. The molecule has 0 bridgehead atoms. The molecule has 1 atom stereocenters. The molecule has 8 heteroatoms. The fourth-order valence-electron chi connectivity index (χ4n) is 5.55. The molecule has 37 heavy (non-hydrogen) atoms. The van der Waals surface area contributed by atoms with Crippen LogP contribution in [0.2, 0.25) is 0 Å². The third-order valence-electron chi connectivity index (χ3n) is 7.61. The Balaban J connectivity index is 1.04. The molecule has 5 rings (SSSR count). The van der Waals surface area contributed by atoms with Crippen LogP contribution in [-0.4, -0.2) is 41.6 Å². The molecule has 2 heterocycles. The summed E-state index contributed by atoms with van der Waals surface area (Å²) in [5.41, 5.74) is 7.68. The van der Waals surface area contributed by atoms with Crippen LogP contribution < -0.4 is 15.4 Å². The maximum absolute atomic E-state index is 11.4.